The van der Waals surface area contributed by atoms with Gasteiger partial charge in [-0.15, -0.1) is 0 Å². The van der Waals surface area contributed by atoms with E-state index < -0.39 is 28.9 Å². The predicted molar refractivity (Wildman–Crippen MR) is 70.2 cm³/mol. The summed E-state index contributed by atoms with van der Waals surface area (Å²) in [5.41, 5.74) is -0.394. The van der Waals surface area contributed by atoms with Crippen molar-refractivity contribution in [1.82, 2.24) is 0 Å². The molecule has 0 saturated heterocycles. The molecule has 0 bridgehead atoms. The average molecular weight is 290 g/mol. The average Bonchev–Trinajstić information content (AvgIpc) is 2.44. The number of nitrogens with zero attached hydrogens (tertiary/aromatic N) is 1. The molecule has 0 fully saturated rings. The van der Waals surface area contributed by atoms with Gasteiger partial charge in [-0.2, -0.15) is 5.26 Å². The fraction of sp³-hybridized carbons (Fsp3) is 0.0667. The summed E-state index contributed by atoms with van der Waals surface area (Å²) in [6.07, 6.45) is 0. The Morgan fingerprint density at radius 1 is 1.10 bits per heavy atom. The number of carbonyl (C=O) groups is 1. The second kappa shape index (κ2) is 5.67. The second-order valence-corrected chi connectivity index (χ2v) is 4.34. The molecular weight excluding hydrogens is 281 g/mol. The SMILES string of the molecule is Cc1cc(C(=O)Nc2ccc(C#N)cc2F)c(F)cc1F. The largest absolute Gasteiger partial charge is 0.319 e. The van der Waals surface area contributed by atoms with E-state index in [1.165, 1.54) is 19.1 Å². The van der Waals surface area contributed by atoms with Gasteiger partial charge in [0, 0.05) is 6.07 Å². The van der Waals surface area contributed by atoms with Gasteiger partial charge in [0.05, 0.1) is 22.9 Å². The van der Waals surface area contributed by atoms with Crippen molar-refractivity contribution in [1.29, 1.82) is 5.26 Å². The molecule has 2 aromatic rings. The summed E-state index contributed by atoms with van der Waals surface area (Å²) in [5.74, 6) is -3.53. The molecule has 2 aromatic carbocycles. The van der Waals surface area contributed by atoms with Crippen molar-refractivity contribution in [3.63, 3.8) is 0 Å². The number of anilines is 1. The van der Waals surface area contributed by atoms with E-state index in [1.807, 2.05) is 0 Å². The molecule has 1 amide bonds. The third kappa shape index (κ3) is 3.03. The maximum atomic E-state index is 13.6. The first-order valence-electron chi connectivity index (χ1n) is 5.89. The molecule has 0 spiro atoms. The highest BCUT2D eigenvalue weighted by Crippen LogP contribution is 2.19. The molecule has 0 unspecified atom stereocenters. The van der Waals surface area contributed by atoms with E-state index in [0.29, 0.717) is 6.07 Å². The summed E-state index contributed by atoms with van der Waals surface area (Å²) < 4.78 is 40.3. The number of benzene rings is 2. The number of nitriles is 1. The maximum absolute atomic E-state index is 13.6. The van der Waals surface area contributed by atoms with E-state index in [2.05, 4.69) is 5.32 Å². The molecule has 0 aliphatic heterocycles. The van der Waals surface area contributed by atoms with Crippen molar-refractivity contribution < 1.29 is 18.0 Å². The van der Waals surface area contributed by atoms with Crippen LogP contribution in [0, 0.1) is 35.7 Å². The summed E-state index contributed by atoms with van der Waals surface area (Å²) in [7, 11) is 0. The molecule has 6 heteroatoms. The fourth-order valence-electron chi connectivity index (χ4n) is 1.71. The molecule has 0 atom stereocenters. The lowest BCUT2D eigenvalue weighted by molar-refractivity contribution is 0.102. The molecule has 0 aliphatic carbocycles. The van der Waals surface area contributed by atoms with Gasteiger partial charge in [-0.3, -0.25) is 4.79 Å². The number of aryl methyl sites for hydroxylation is 1. The highest BCUT2D eigenvalue weighted by Gasteiger charge is 2.16. The molecule has 2 rings (SSSR count). The zero-order chi connectivity index (χ0) is 15.6. The van der Waals surface area contributed by atoms with Gasteiger partial charge in [0.2, 0.25) is 0 Å². The molecule has 0 aliphatic rings. The standard InChI is InChI=1S/C15H9F3N2O/c1-8-4-10(12(17)6-11(8)16)15(21)20-14-3-2-9(7-19)5-13(14)18/h2-6H,1H3,(H,20,21). The van der Waals surface area contributed by atoms with Gasteiger partial charge < -0.3 is 5.32 Å². The maximum Gasteiger partial charge on any atom is 0.258 e. The van der Waals surface area contributed by atoms with Crippen LogP contribution in [0.15, 0.2) is 30.3 Å². The van der Waals surface area contributed by atoms with Crippen molar-refractivity contribution in [3.05, 3.63) is 64.5 Å². The van der Waals surface area contributed by atoms with Gasteiger partial charge in [-0.25, -0.2) is 13.2 Å². The van der Waals surface area contributed by atoms with Crippen LogP contribution < -0.4 is 5.32 Å². The van der Waals surface area contributed by atoms with E-state index in [9.17, 15) is 18.0 Å². The Kier molecular flexibility index (Phi) is 3.94. The van der Waals surface area contributed by atoms with E-state index in [-0.39, 0.29) is 16.8 Å². The highest BCUT2D eigenvalue weighted by molar-refractivity contribution is 6.04. The van der Waals surface area contributed by atoms with Crippen LogP contribution in [-0.2, 0) is 0 Å². The minimum atomic E-state index is -1.04. The van der Waals surface area contributed by atoms with Crippen molar-refractivity contribution >= 4 is 11.6 Å². The Bertz CT molecular complexity index is 766. The Labute approximate surface area is 118 Å². The van der Waals surface area contributed by atoms with Crippen molar-refractivity contribution in [2.24, 2.45) is 0 Å². The summed E-state index contributed by atoms with van der Waals surface area (Å²) in [5, 5.41) is 10.8. The number of nitrogens with one attached hydrogen (secondary N) is 1. The third-order valence-electron chi connectivity index (χ3n) is 2.84. The first-order valence-corrected chi connectivity index (χ1v) is 5.89. The monoisotopic (exact) mass is 290 g/mol. The van der Waals surface area contributed by atoms with Crippen LogP contribution in [0.2, 0.25) is 0 Å². The molecule has 1 N–H and O–H groups in total. The highest BCUT2D eigenvalue weighted by atomic mass is 19.1. The van der Waals surface area contributed by atoms with Gasteiger partial charge in [0.15, 0.2) is 0 Å². The number of halogens is 3. The zero-order valence-electron chi connectivity index (χ0n) is 10.9. The minimum absolute atomic E-state index is 0.0920. The van der Waals surface area contributed by atoms with Gasteiger partial charge in [0.1, 0.15) is 17.5 Å². The van der Waals surface area contributed by atoms with E-state index in [1.54, 1.807) is 6.07 Å². The zero-order valence-corrected chi connectivity index (χ0v) is 10.9. The molecule has 0 saturated carbocycles. The topological polar surface area (TPSA) is 52.9 Å². The summed E-state index contributed by atoms with van der Waals surface area (Å²) in [4.78, 5) is 11.9. The lowest BCUT2D eigenvalue weighted by atomic mass is 10.1. The van der Waals surface area contributed by atoms with Crippen LogP contribution in [0.1, 0.15) is 21.5 Å². The van der Waals surface area contributed by atoms with Crippen molar-refractivity contribution in [3.8, 4) is 6.07 Å². The second-order valence-electron chi connectivity index (χ2n) is 4.34. The Morgan fingerprint density at radius 2 is 1.81 bits per heavy atom. The predicted octanol–water partition coefficient (Wildman–Crippen LogP) is 3.54. The lowest BCUT2D eigenvalue weighted by Crippen LogP contribution is -2.15. The quantitative estimate of drug-likeness (QED) is 0.919. The minimum Gasteiger partial charge on any atom is -0.319 e. The van der Waals surface area contributed by atoms with Crippen LogP contribution in [0.25, 0.3) is 0 Å². The van der Waals surface area contributed by atoms with Crippen LogP contribution in [0.3, 0.4) is 0 Å². The molecule has 0 radical (unpaired) electrons. The van der Waals surface area contributed by atoms with E-state index in [0.717, 1.165) is 12.1 Å². The fourth-order valence-corrected chi connectivity index (χ4v) is 1.71. The Morgan fingerprint density at radius 3 is 2.43 bits per heavy atom. The van der Waals surface area contributed by atoms with Crippen LogP contribution in [0.5, 0.6) is 0 Å². The molecule has 0 heterocycles. The lowest BCUT2D eigenvalue weighted by Gasteiger charge is -2.08. The first kappa shape index (κ1) is 14.6. The van der Waals surface area contributed by atoms with Crippen molar-refractivity contribution in [2.75, 3.05) is 5.32 Å². The molecular formula is C15H9F3N2O. The summed E-state index contributed by atoms with van der Waals surface area (Å²) in [6, 6.07) is 6.84. The first-order chi connectivity index (χ1) is 9.92. The number of carbonyl (C=O) groups excluding carboxylic acids is 1. The van der Waals surface area contributed by atoms with Crippen LogP contribution >= 0.6 is 0 Å². The van der Waals surface area contributed by atoms with Crippen LogP contribution in [0.4, 0.5) is 18.9 Å². The van der Waals surface area contributed by atoms with Gasteiger partial charge in [0.25, 0.3) is 5.91 Å². The Balaban J connectivity index is 2.31. The van der Waals surface area contributed by atoms with E-state index >= 15 is 0 Å². The summed E-state index contributed by atoms with van der Waals surface area (Å²) in [6.45, 7) is 1.38. The number of hydrogen-bond acceptors (Lipinski definition) is 2. The molecule has 21 heavy (non-hydrogen) atoms. The van der Waals surface area contributed by atoms with Gasteiger partial charge >= 0.3 is 0 Å². The summed E-state index contributed by atoms with van der Waals surface area (Å²) >= 11 is 0. The van der Waals surface area contributed by atoms with Crippen LogP contribution in [-0.4, -0.2) is 5.91 Å². The Hall–Kier alpha value is -2.81. The molecule has 3 nitrogen and oxygen atoms in total. The number of amides is 1. The van der Waals surface area contributed by atoms with Crippen molar-refractivity contribution in [2.45, 2.75) is 6.92 Å². The smallest absolute Gasteiger partial charge is 0.258 e. The van der Waals surface area contributed by atoms with Gasteiger partial charge in [-0.1, -0.05) is 0 Å². The normalized spacial score (nSPS) is 10.0. The molecule has 0 aromatic heterocycles. The number of hydrogen-bond donors (Lipinski definition) is 1. The van der Waals surface area contributed by atoms with E-state index in [4.69, 9.17) is 5.26 Å². The third-order valence-corrected chi connectivity index (χ3v) is 2.84. The van der Waals surface area contributed by atoms with Gasteiger partial charge in [-0.05, 0) is 36.8 Å². The molecule has 106 valence electrons. The number of rotatable bonds is 2.